The van der Waals surface area contributed by atoms with Crippen LogP contribution in [-0.2, 0) is 9.59 Å². The van der Waals surface area contributed by atoms with Crippen LogP contribution in [0.15, 0.2) is 30.6 Å². The van der Waals surface area contributed by atoms with Crippen molar-refractivity contribution in [2.45, 2.75) is 25.7 Å². The minimum atomic E-state index is -0.170. The van der Waals surface area contributed by atoms with Crippen molar-refractivity contribution in [3.8, 4) is 0 Å². The molecular formula is C15H18N4O2. The number of aromatic nitrogens is 2. The fourth-order valence-electron chi connectivity index (χ4n) is 2.57. The van der Waals surface area contributed by atoms with E-state index in [1.807, 2.05) is 18.2 Å². The quantitative estimate of drug-likeness (QED) is 0.933. The van der Waals surface area contributed by atoms with Crippen molar-refractivity contribution >= 4 is 23.0 Å². The zero-order valence-corrected chi connectivity index (χ0v) is 11.8. The Hall–Kier alpha value is -2.37. The van der Waals surface area contributed by atoms with Gasteiger partial charge in [0.1, 0.15) is 0 Å². The van der Waals surface area contributed by atoms with E-state index in [2.05, 4.69) is 10.4 Å². The van der Waals surface area contributed by atoms with E-state index in [4.69, 9.17) is 0 Å². The molecule has 2 aromatic heterocycles. The van der Waals surface area contributed by atoms with Crippen LogP contribution in [0.3, 0.4) is 0 Å². The van der Waals surface area contributed by atoms with Crippen LogP contribution in [-0.4, -0.2) is 39.4 Å². The lowest BCUT2D eigenvalue weighted by Crippen LogP contribution is -2.37. The van der Waals surface area contributed by atoms with Gasteiger partial charge in [0.05, 0.1) is 23.9 Å². The summed E-state index contributed by atoms with van der Waals surface area (Å²) in [5, 5.41) is 6.95. The van der Waals surface area contributed by atoms with Gasteiger partial charge in [-0.1, -0.05) is 6.42 Å². The number of amides is 2. The standard InChI is InChI=1S/C15H18N4O2/c20-14(11-18-9-3-1-2-4-15(18)21)17-12-5-6-13-7-8-16-19(13)10-12/h5-8,10H,1-4,9,11H2,(H,17,20). The first-order valence-corrected chi connectivity index (χ1v) is 7.23. The van der Waals surface area contributed by atoms with Crippen molar-refractivity contribution in [1.82, 2.24) is 14.5 Å². The maximum atomic E-state index is 12.1. The van der Waals surface area contributed by atoms with Crippen LogP contribution in [0, 0.1) is 0 Å². The molecule has 3 rings (SSSR count). The molecule has 1 fully saturated rings. The third-order valence-electron chi connectivity index (χ3n) is 3.69. The number of anilines is 1. The topological polar surface area (TPSA) is 66.7 Å². The number of fused-ring (bicyclic) bond motifs is 1. The molecular weight excluding hydrogens is 268 g/mol. The zero-order valence-electron chi connectivity index (χ0n) is 11.8. The number of nitrogens with zero attached hydrogens (tertiary/aromatic N) is 3. The van der Waals surface area contributed by atoms with Crippen LogP contribution in [0.4, 0.5) is 5.69 Å². The number of carbonyl (C=O) groups is 2. The Kier molecular flexibility index (Phi) is 3.85. The molecule has 0 aromatic carbocycles. The molecule has 0 radical (unpaired) electrons. The van der Waals surface area contributed by atoms with E-state index < -0.39 is 0 Å². The van der Waals surface area contributed by atoms with Gasteiger partial charge in [-0.25, -0.2) is 4.52 Å². The molecule has 1 aliphatic heterocycles. The Morgan fingerprint density at radius 3 is 3.05 bits per heavy atom. The lowest BCUT2D eigenvalue weighted by atomic mass is 10.2. The average Bonchev–Trinajstić information content (AvgIpc) is 2.84. The minimum absolute atomic E-state index is 0.0742. The van der Waals surface area contributed by atoms with Crippen LogP contribution >= 0.6 is 0 Å². The molecule has 3 heterocycles. The van der Waals surface area contributed by atoms with E-state index in [-0.39, 0.29) is 18.4 Å². The van der Waals surface area contributed by atoms with Crippen molar-refractivity contribution in [2.24, 2.45) is 0 Å². The van der Waals surface area contributed by atoms with Gasteiger partial charge in [-0.05, 0) is 31.0 Å². The van der Waals surface area contributed by atoms with Crippen molar-refractivity contribution < 1.29 is 9.59 Å². The molecule has 6 heteroatoms. The third kappa shape index (κ3) is 3.21. The second-order valence-electron chi connectivity index (χ2n) is 5.29. The molecule has 1 saturated heterocycles. The van der Waals surface area contributed by atoms with Crippen molar-refractivity contribution in [2.75, 3.05) is 18.4 Å². The van der Waals surface area contributed by atoms with Gasteiger partial charge >= 0.3 is 0 Å². The third-order valence-corrected chi connectivity index (χ3v) is 3.69. The van der Waals surface area contributed by atoms with E-state index >= 15 is 0 Å². The molecule has 0 aliphatic carbocycles. The molecule has 0 saturated carbocycles. The SMILES string of the molecule is O=C(CN1CCCCCC1=O)Nc1ccc2ccnn2c1. The maximum Gasteiger partial charge on any atom is 0.244 e. The molecule has 6 nitrogen and oxygen atoms in total. The Morgan fingerprint density at radius 1 is 1.24 bits per heavy atom. The van der Waals surface area contributed by atoms with Gasteiger partial charge in [0.2, 0.25) is 11.8 Å². The van der Waals surface area contributed by atoms with E-state index in [0.717, 1.165) is 24.8 Å². The predicted octanol–water partition coefficient (Wildman–Crippen LogP) is 1.68. The molecule has 2 amide bonds. The molecule has 110 valence electrons. The lowest BCUT2D eigenvalue weighted by molar-refractivity contribution is -0.134. The molecule has 1 N–H and O–H groups in total. The molecule has 0 bridgehead atoms. The number of nitrogens with one attached hydrogen (secondary N) is 1. The van der Waals surface area contributed by atoms with Gasteiger partial charge < -0.3 is 10.2 Å². The largest absolute Gasteiger partial charge is 0.333 e. The minimum Gasteiger partial charge on any atom is -0.333 e. The van der Waals surface area contributed by atoms with E-state index in [1.165, 1.54) is 0 Å². The van der Waals surface area contributed by atoms with Crippen molar-refractivity contribution in [3.05, 3.63) is 30.6 Å². The highest BCUT2D eigenvalue weighted by molar-refractivity contribution is 5.94. The summed E-state index contributed by atoms with van der Waals surface area (Å²) in [4.78, 5) is 25.6. The van der Waals surface area contributed by atoms with Crippen LogP contribution in [0.25, 0.3) is 5.52 Å². The second kappa shape index (κ2) is 5.95. The summed E-state index contributed by atoms with van der Waals surface area (Å²) in [6, 6.07) is 5.61. The van der Waals surface area contributed by atoms with Gasteiger partial charge in [-0.15, -0.1) is 0 Å². The monoisotopic (exact) mass is 286 g/mol. The Balaban J connectivity index is 1.63. The Bertz CT molecular complexity index is 664. The van der Waals surface area contributed by atoms with E-state index in [1.54, 1.807) is 21.8 Å². The first-order chi connectivity index (χ1) is 10.2. The normalized spacial score (nSPS) is 16.0. The van der Waals surface area contributed by atoms with Crippen LogP contribution in [0.2, 0.25) is 0 Å². The maximum absolute atomic E-state index is 12.1. The highest BCUT2D eigenvalue weighted by Crippen LogP contribution is 2.12. The van der Waals surface area contributed by atoms with Crippen LogP contribution < -0.4 is 5.32 Å². The summed E-state index contributed by atoms with van der Waals surface area (Å²) in [5.41, 5.74) is 1.65. The summed E-state index contributed by atoms with van der Waals surface area (Å²) in [5.74, 6) is -0.0954. The molecule has 0 spiro atoms. The number of carbonyl (C=O) groups excluding carboxylic acids is 2. The van der Waals surface area contributed by atoms with Gasteiger partial charge in [-0.2, -0.15) is 5.10 Å². The summed E-state index contributed by atoms with van der Waals surface area (Å²) in [6.45, 7) is 0.792. The van der Waals surface area contributed by atoms with Crippen LogP contribution in [0.1, 0.15) is 25.7 Å². The van der Waals surface area contributed by atoms with Gasteiger partial charge in [0.25, 0.3) is 0 Å². The molecule has 2 aromatic rings. The highest BCUT2D eigenvalue weighted by Gasteiger charge is 2.19. The van der Waals surface area contributed by atoms with E-state index in [9.17, 15) is 9.59 Å². The summed E-state index contributed by atoms with van der Waals surface area (Å²) >= 11 is 0. The summed E-state index contributed by atoms with van der Waals surface area (Å²) in [6.07, 6.45) is 6.96. The summed E-state index contributed by atoms with van der Waals surface area (Å²) < 4.78 is 1.70. The van der Waals surface area contributed by atoms with Crippen molar-refractivity contribution in [1.29, 1.82) is 0 Å². The fourth-order valence-corrected chi connectivity index (χ4v) is 2.57. The van der Waals surface area contributed by atoms with Gasteiger partial charge in [0, 0.05) is 19.2 Å². The van der Waals surface area contributed by atoms with Crippen LogP contribution in [0.5, 0.6) is 0 Å². The first-order valence-electron chi connectivity index (χ1n) is 7.23. The lowest BCUT2D eigenvalue weighted by Gasteiger charge is -2.19. The molecule has 21 heavy (non-hydrogen) atoms. The van der Waals surface area contributed by atoms with Gasteiger partial charge in [-0.3, -0.25) is 9.59 Å². The number of pyridine rings is 1. The molecule has 1 aliphatic rings. The Labute approximate surface area is 122 Å². The number of likely N-dealkylation sites (tertiary alicyclic amines) is 1. The molecule has 0 unspecified atom stereocenters. The van der Waals surface area contributed by atoms with Crippen molar-refractivity contribution in [3.63, 3.8) is 0 Å². The first kappa shape index (κ1) is 13.6. The van der Waals surface area contributed by atoms with E-state index in [0.29, 0.717) is 18.7 Å². The summed E-state index contributed by atoms with van der Waals surface area (Å²) in [7, 11) is 0. The second-order valence-corrected chi connectivity index (χ2v) is 5.29. The smallest absolute Gasteiger partial charge is 0.244 e. The molecule has 0 atom stereocenters. The average molecular weight is 286 g/mol. The van der Waals surface area contributed by atoms with Gasteiger partial charge in [0.15, 0.2) is 0 Å². The highest BCUT2D eigenvalue weighted by atomic mass is 16.2. The number of rotatable bonds is 3. The fraction of sp³-hybridized carbons (Fsp3) is 0.400. The Morgan fingerprint density at radius 2 is 2.14 bits per heavy atom. The number of hydrogen-bond acceptors (Lipinski definition) is 3. The number of hydrogen-bond donors (Lipinski definition) is 1. The predicted molar refractivity (Wildman–Crippen MR) is 78.9 cm³/mol. The zero-order chi connectivity index (χ0) is 14.7.